The zero-order valence-corrected chi connectivity index (χ0v) is 14.2. The van der Waals surface area contributed by atoms with Crippen molar-refractivity contribution in [2.75, 3.05) is 12.1 Å². The van der Waals surface area contributed by atoms with Crippen LogP contribution in [0.2, 0.25) is 0 Å². The topological polar surface area (TPSA) is 51.4 Å². The third-order valence-corrected chi connectivity index (χ3v) is 4.57. The van der Waals surface area contributed by atoms with Crippen LogP contribution < -0.4 is 10.3 Å². The van der Waals surface area contributed by atoms with E-state index in [-0.39, 0.29) is 12.1 Å². The van der Waals surface area contributed by atoms with E-state index >= 15 is 0 Å². The number of aromatic nitrogens is 1. The van der Waals surface area contributed by atoms with Gasteiger partial charge in [0, 0.05) is 23.6 Å². The number of H-pyrrole nitrogens is 1. The van der Waals surface area contributed by atoms with Crippen LogP contribution in [-0.2, 0) is 0 Å². The summed E-state index contributed by atoms with van der Waals surface area (Å²) in [6.07, 6.45) is 1.82. The van der Waals surface area contributed by atoms with Gasteiger partial charge in [-0.2, -0.15) is 0 Å². The molecule has 1 unspecified atom stereocenters. The Kier molecular flexibility index (Phi) is 3.69. The standard InChI is InChI=1S/C20H20N4O/c1-14-12-19(24(23(14)2)16-9-4-3-5-10-16)22-20(25)18-13-15-8-6-7-11-17(15)21-18/h3-13,19,21H,1-2H3,(H,22,25). The maximum atomic E-state index is 12.7. The number of allylic oxidation sites excluding steroid dienone is 1. The SMILES string of the molecule is CC1=CC(NC(=O)c2cc3ccccc3[nH]2)N(c2ccccc2)N1C. The fourth-order valence-corrected chi connectivity index (χ4v) is 3.19. The summed E-state index contributed by atoms with van der Waals surface area (Å²) in [5.41, 5.74) is 3.64. The van der Waals surface area contributed by atoms with Crippen molar-refractivity contribution in [3.63, 3.8) is 0 Å². The number of aromatic amines is 1. The van der Waals surface area contributed by atoms with Crippen molar-refractivity contribution in [1.29, 1.82) is 0 Å². The number of anilines is 1. The molecule has 5 nitrogen and oxygen atoms in total. The Morgan fingerprint density at radius 1 is 1.08 bits per heavy atom. The number of benzene rings is 2. The largest absolute Gasteiger partial charge is 0.351 e. The summed E-state index contributed by atoms with van der Waals surface area (Å²) in [5.74, 6) is -0.124. The zero-order chi connectivity index (χ0) is 17.4. The second-order valence-corrected chi connectivity index (χ2v) is 6.20. The van der Waals surface area contributed by atoms with Crippen LogP contribution in [0, 0.1) is 0 Å². The Bertz CT molecular complexity index is 911. The number of carbonyl (C=O) groups excluding carboxylic acids is 1. The van der Waals surface area contributed by atoms with E-state index in [9.17, 15) is 4.79 Å². The summed E-state index contributed by atoms with van der Waals surface area (Å²) in [7, 11) is 1.99. The summed E-state index contributed by atoms with van der Waals surface area (Å²) < 4.78 is 0. The van der Waals surface area contributed by atoms with Gasteiger partial charge >= 0.3 is 0 Å². The summed E-state index contributed by atoms with van der Waals surface area (Å²) in [4.78, 5) is 15.9. The van der Waals surface area contributed by atoms with E-state index < -0.39 is 0 Å². The molecule has 0 spiro atoms. The maximum Gasteiger partial charge on any atom is 0.269 e. The third-order valence-electron chi connectivity index (χ3n) is 4.57. The molecule has 2 aromatic carbocycles. The third kappa shape index (κ3) is 2.74. The van der Waals surface area contributed by atoms with Crippen molar-refractivity contribution in [2.24, 2.45) is 0 Å². The lowest BCUT2D eigenvalue weighted by Gasteiger charge is -2.34. The lowest BCUT2D eigenvalue weighted by atomic mass is 10.2. The maximum absolute atomic E-state index is 12.7. The smallest absolute Gasteiger partial charge is 0.269 e. The fourth-order valence-electron chi connectivity index (χ4n) is 3.19. The Hall–Kier alpha value is -3.21. The highest BCUT2D eigenvalue weighted by atomic mass is 16.2. The number of nitrogens with zero attached hydrogens (tertiary/aromatic N) is 2. The van der Waals surface area contributed by atoms with Crippen LogP contribution in [0.1, 0.15) is 17.4 Å². The molecule has 0 bridgehead atoms. The van der Waals surface area contributed by atoms with Gasteiger partial charge in [-0.3, -0.25) is 14.8 Å². The molecule has 25 heavy (non-hydrogen) atoms. The molecule has 4 rings (SSSR count). The highest BCUT2D eigenvalue weighted by Gasteiger charge is 2.29. The second-order valence-electron chi connectivity index (χ2n) is 6.20. The van der Waals surface area contributed by atoms with E-state index in [4.69, 9.17) is 0 Å². The number of rotatable bonds is 3. The highest BCUT2D eigenvalue weighted by Crippen LogP contribution is 2.26. The van der Waals surface area contributed by atoms with Crippen LogP contribution in [0.5, 0.6) is 0 Å². The van der Waals surface area contributed by atoms with E-state index in [1.54, 1.807) is 0 Å². The van der Waals surface area contributed by atoms with Gasteiger partial charge in [0.25, 0.3) is 5.91 Å². The van der Waals surface area contributed by atoms with E-state index in [0.717, 1.165) is 22.3 Å². The van der Waals surface area contributed by atoms with Crippen LogP contribution in [0.3, 0.4) is 0 Å². The van der Waals surface area contributed by atoms with Crippen molar-refractivity contribution in [3.8, 4) is 0 Å². The molecule has 1 atom stereocenters. The number of fused-ring (bicyclic) bond motifs is 1. The van der Waals surface area contributed by atoms with Crippen LogP contribution >= 0.6 is 0 Å². The number of carbonyl (C=O) groups is 1. The van der Waals surface area contributed by atoms with Crippen LogP contribution in [-0.4, -0.2) is 29.1 Å². The van der Waals surface area contributed by atoms with Crippen LogP contribution in [0.25, 0.3) is 10.9 Å². The molecule has 0 radical (unpaired) electrons. The van der Waals surface area contributed by atoms with E-state index in [0.29, 0.717) is 5.69 Å². The van der Waals surface area contributed by atoms with Gasteiger partial charge in [-0.05, 0) is 37.3 Å². The molecule has 5 heteroatoms. The van der Waals surface area contributed by atoms with Crippen LogP contribution in [0.15, 0.2) is 72.4 Å². The number of amides is 1. The Balaban J connectivity index is 1.60. The number of nitrogens with one attached hydrogen (secondary N) is 2. The molecule has 2 N–H and O–H groups in total. The van der Waals surface area contributed by atoms with Gasteiger partial charge in [0.05, 0.1) is 5.69 Å². The highest BCUT2D eigenvalue weighted by molar-refractivity contribution is 5.98. The molecular formula is C20H20N4O. The summed E-state index contributed by atoms with van der Waals surface area (Å²) in [6, 6.07) is 19.8. The van der Waals surface area contributed by atoms with Gasteiger partial charge in [-0.1, -0.05) is 36.4 Å². The predicted octanol–water partition coefficient (Wildman–Crippen LogP) is 3.49. The summed E-state index contributed by atoms with van der Waals surface area (Å²) in [6.45, 7) is 2.03. The number of hydrazine groups is 1. The number of para-hydroxylation sites is 2. The fraction of sp³-hybridized carbons (Fsp3) is 0.150. The van der Waals surface area contributed by atoms with Gasteiger partial charge < -0.3 is 10.3 Å². The molecule has 0 aliphatic carbocycles. The van der Waals surface area contributed by atoms with Crippen molar-refractivity contribution in [2.45, 2.75) is 13.1 Å². The first-order valence-corrected chi connectivity index (χ1v) is 8.28. The first kappa shape index (κ1) is 15.3. The first-order chi connectivity index (χ1) is 12.1. The molecule has 0 saturated heterocycles. The van der Waals surface area contributed by atoms with Crippen molar-refractivity contribution < 1.29 is 4.79 Å². The number of hydrogen-bond donors (Lipinski definition) is 2. The molecule has 0 saturated carbocycles. The molecule has 126 valence electrons. The van der Waals surface area contributed by atoms with Gasteiger partial charge in [0.1, 0.15) is 11.9 Å². The molecule has 1 aliphatic heterocycles. The number of hydrogen-bond acceptors (Lipinski definition) is 3. The van der Waals surface area contributed by atoms with Crippen molar-refractivity contribution in [3.05, 3.63) is 78.1 Å². The molecule has 1 aromatic heterocycles. The second kappa shape index (κ2) is 6.02. The molecule has 3 aromatic rings. The van der Waals surface area contributed by atoms with Crippen molar-refractivity contribution >= 4 is 22.5 Å². The normalized spacial score (nSPS) is 17.0. The summed E-state index contributed by atoms with van der Waals surface area (Å²) >= 11 is 0. The summed E-state index contributed by atoms with van der Waals surface area (Å²) in [5, 5.41) is 8.25. The minimum atomic E-state index is -0.230. The quantitative estimate of drug-likeness (QED) is 0.772. The minimum absolute atomic E-state index is 0.124. The molecule has 2 heterocycles. The van der Waals surface area contributed by atoms with Gasteiger partial charge in [-0.15, -0.1) is 0 Å². The predicted molar refractivity (Wildman–Crippen MR) is 100.0 cm³/mol. The lowest BCUT2D eigenvalue weighted by Crippen LogP contribution is -2.49. The molecule has 1 aliphatic rings. The average Bonchev–Trinajstić information content (AvgIpc) is 3.17. The average molecular weight is 332 g/mol. The lowest BCUT2D eigenvalue weighted by molar-refractivity contribution is 0.0935. The van der Waals surface area contributed by atoms with E-state index in [1.165, 1.54) is 0 Å². The van der Waals surface area contributed by atoms with E-state index in [1.807, 2.05) is 85.7 Å². The molecule has 1 amide bonds. The zero-order valence-electron chi connectivity index (χ0n) is 14.2. The van der Waals surface area contributed by atoms with Gasteiger partial charge in [0.2, 0.25) is 0 Å². The Morgan fingerprint density at radius 2 is 1.80 bits per heavy atom. The van der Waals surface area contributed by atoms with Gasteiger partial charge in [0.15, 0.2) is 0 Å². The van der Waals surface area contributed by atoms with E-state index in [2.05, 4.69) is 15.3 Å². The van der Waals surface area contributed by atoms with Gasteiger partial charge in [-0.25, -0.2) is 0 Å². The Labute approximate surface area is 146 Å². The minimum Gasteiger partial charge on any atom is -0.351 e. The van der Waals surface area contributed by atoms with Crippen molar-refractivity contribution in [1.82, 2.24) is 15.3 Å². The monoisotopic (exact) mass is 332 g/mol. The molecular weight excluding hydrogens is 312 g/mol. The van der Waals surface area contributed by atoms with Crippen LogP contribution in [0.4, 0.5) is 5.69 Å². The Morgan fingerprint density at radius 3 is 2.56 bits per heavy atom. The first-order valence-electron chi connectivity index (χ1n) is 8.28. The molecule has 0 fully saturated rings.